The number of aromatic nitrogens is 1. The molecular weight excluding hydrogens is 459 g/mol. The van der Waals surface area contributed by atoms with Gasteiger partial charge in [0.25, 0.3) is 0 Å². The molecule has 7 heteroatoms. The largest absolute Gasteiger partial charge is 0.497 e. The number of hydrogen-bond donors (Lipinski definition) is 2. The second-order valence-electron chi connectivity index (χ2n) is 9.76. The maximum atomic E-state index is 15.8. The maximum Gasteiger partial charge on any atom is 0.309 e. The number of carboxylic acid groups (broad SMARTS) is 1. The molecule has 1 fully saturated rings. The molecule has 36 heavy (non-hydrogen) atoms. The van der Waals surface area contributed by atoms with Gasteiger partial charge in [-0.2, -0.15) is 0 Å². The number of alkyl halides is 1. The van der Waals surface area contributed by atoms with Crippen LogP contribution in [0.2, 0.25) is 0 Å². The summed E-state index contributed by atoms with van der Waals surface area (Å²) in [5.74, 6) is -0.267. The van der Waals surface area contributed by atoms with Gasteiger partial charge in [-0.15, -0.1) is 0 Å². The van der Waals surface area contributed by atoms with Crippen molar-refractivity contribution >= 4 is 16.9 Å². The van der Waals surface area contributed by atoms with E-state index >= 15 is 4.39 Å². The van der Waals surface area contributed by atoms with E-state index in [4.69, 9.17) is 4.74 Å². The molecule has 3 aromatic rings. The molecule has 0 unspecified atom stereocenters. The molecule has 0 radical (unpaired) electrons. The Morgan fingerprint density at radius 2 is 1.94 bits per heavy atom. The Hall–Kier alpha value is -3.03. The van der Waals surface area contributed by atoms with E-state index in [1.165, 1.54) is 11.8 Å². The number of piperidine rings is 1. The first-order chi connectivity index (χ1) is 17.5. The molecule has 1 aliphatic heterocycles. The van der Waals surface area contributed by atoms with Crippen LogP contribution < -0.4 is 4.74 Å². The number of halogens is 1. The fraction of sp³-hybridized carbons (Fsp3) is 0.448. The van der Waals surface area contributed by atoms with Crippen LogP contribution in [0.4, 0.5) is 4.39 Å². The van der Waals surface area contributed by atoms with Gasteiger partial charge in [0.15, 0.2) is 0 Å². The number of aliphatic carboxylic acids is 1. The molecule has 2 heterocycles. The summed E-state index contributed by atoms with van der Waals surface area (Å²) >= 11 is 0. The average Bonchev–Trinajstić information content (AvgIpc) is 2.92. The molecule has 0 amide bonds. The minimum absolute atomic E-state index is 0.0730. The molecule has 6 nitrogen and oxygen atoms in total. The minimum Gasteiger partial charge on any atom is -0.497 e. The van der Waals surface area contributed by atoms with Gasteiger partial charge in [-0.05, 0) is 81.9 Å². The summed E-state index contributed by atoms with van der Waals surface area (Å²) in [6.45, 7) is 2.00. The normalized spacial score (nSPS) is 16.6. The van der Waals surface area contributed by atoms with E-state index in [1.54, 1.807) is 25.3 Å². The van der Waals surface area contributed by atoms with Gasteiger partial charge < -0.3 is 19.8 Å². The number of fused-ring (bicyclic) bond motifs is 1. The van der Waals surface area contributed by atoms with Crippen molar-refractivity contribution in [2.75, 3.05) is 26.7 Å². The molecule has 4 rings (SSSR count). The molecule has 1 saturated heterocycles. The third-order valence-corrected chi connectivity index (χ3v) is 7.61. The summed E-state index contributed by atoms with van der Waals surface area (Å²) < 4.78 is 21.1. The first-order valence-corrected chi connectivity index (χ1v) is 12.7. The number of methoxy groups -OCH3 is 1. The number of nitrogens with zero attached hydrogens (tertiary/aromatic N) is 2. The number of hydrogen-bond acceptors (Lipinski definition) is 5. The predicted molar refractivity (Wildman–Crippen MR) is 138 cm³/mol. The third kappa shape index (κ3) is 5.85. The Morgan fingerprint density at radius 3 is 2.61 bits per heavy atom. The number of likely N-dealkylation sites (tertiary alicyclic amines) is 1. The summed E-state index contributed by atoms with van der Waals surface area (Å²) in [5.41, 5.74) is 1.79. The maximum absolute atomic E-state index is 15.8. The number of aryl methyl sites for hydroxylation is 1. The second kappa shape index (κ2) is 11.8. The van der Waals surface area contributed by atoms with Gasteiger partial charge in [0, 0.05) is 22.7 Å². The standard InChI is InChI=1S/C29H35FN2O4/c1-36-23-9-10-26-24(18-23)27(22(20-33)19-31-26)25(30)11-12-29(28(34)35)13-16-32(17-14-29)15-5-8-21-6-3-2-4-7-21/h2-4,6-7,9-10,18-19,25,33H,5,8,11-17,20H2,1H3,(H,34,35)/t25-/m1/s1. The van der Waals surface area contributed by atoms with Crippen LogP contribution >= 0.6 is 0 Å². The van der Waals surface area contributed by atoms with E-state index in [-0.39, 0.29) is 19.4 Å². The number of pyridine rings is 1. The van der Waals surface area contributed by atoms with Gasteiger partial charge in [0.05, 0.1) is 24.6 Å². The quantitative estimate of drug-likeness (QED) is 0.375. The number of aliphatic hydroxyl groups is 1. The lowest BCUT2D eigenvalue weighted by atomic mass is 9.74. The Labute approximate surface area is 211 Å². The van der Waals surface area contributed by atoms with Crippen molar-refractivity contribution in [3.8, 4) is 5.75 Å². The molecule has 2 aromatic carbocycles. The number of benzene rings is 2. The molecule has 192 valence electrons. The molecule has 0 bridgehead atoms. The van der Waals surface area contributed by atoms with Crippen LogP contribution in [0.1, 0.15) is 55.0 Å². The van der Waals surface area contributed by atoms with Gasteiger partial charge in [-0.1, -0.05) is 30.3 Å². The SMILES string of the molecule is COc1ccc2ncc(CO)c([C@H](F)CCC3(C(=O)O)CCN(CCCc4ccccc4)CC3)c2c1. The Kier molecular flexibility index (Phi) is 8.54. The third-order valence-electron chi connectivity index (χ3n) is 7.61. The summed E-state index contributed by atoms with van der Waals surface area (Å²) in [6.07, 6.45) is 3.46. The molecule has 0 spiro atoms. The van der Waals surface area contributed by atoms with E-state index < -0.39 is 17.6 Å². The fourth-order valence-electron chi connectivity index (χ4n) is 5.33. The summed E-state index contributed by atoms with van der Waals surface area (Å²) in [4.78, 5) is 19.0. The van der Waals surface area contributed by atoms with Crippen molar-refractivity contribution in [2.24, 2.45) is 5.41 Å². The Balaban J connectivity index is 1.40. The van der Waals surface area contributed by atoms with Crippen molar-refractivity contribution in [3.63, 3.8) is 0 Å². The van der Waals surface area contributed by atoms with Crippen LogP contribution in [0.15, 0.2) is 54.7 Å². The molecule has 0 saturated carbocycles. The van der Waals surface area contributed by atoms with Gasteiger partial charge >= 0.3 is 5.97 Å². The van der Waals surface area contributed by atoms with Crippen LogP contribution in [-0.2, 0) is 17.8 Å². The van der Waals surface area contributed by atoms with E-state index in [1.807, 2.05) is 18.2 Å². The van der Waals surface area contributed by atoms with Crippen LogP contribution in [0, 0.1) is 5.41 Å². The highest BCUT2D eigenvalue weighted by Crippen LogP contribution is 2.41. The number of rotatable bonds is 11. The monoisotopic (exact) mass is 494 g/mol. The molecule has 2 N–H and O–H groups in total. The highest BCUT2D eigenvalue weighted by Gasteiger charge is 2.41. The van der Waals surface area contributed by atoms with E-state index in [9.17, 15) is 15.0 Å². The van der Waals surface area contributed by atoms with E-state index in [2.05, 4.69) is 22.0 Å². The fourth-order valence-corrected chi connectivity index (χ4v) is 5.33. The summed E-state index contributed by atoms with van der Waals surface area (Å²) in [6, 6.07) is 15.6. The first-order valence-electron chi connectivity index (χ1n) is 12.7. The smallest absolute Gasteiger partial charge is 0.309 e. The zero-order valence-electron chi connectivity index (χ0n) is 20.8. The van der Waals surface area contributed by atoms with E-state index in [0.29, 0.717) is 53.7 Å². The van der Waals surface area contributed by atoms with Gasteiger partial charge in [0.1, 0.15) is 11.9 Å². The highest BCUT2D eigenvalue weighted by atomic mass is 19.1. The van der Waals surface area contributed by atoms with Gasteiger partial charge in [-0.3, -0.25) is 9.78 Å². The van der Waals surface area contributed by atoms with Crippen LogP contribution in [0.5, 0.6) is 5.75 Å². The lowest BCUT2D eigenvalue weighted by molar-refractivity contribution is -0.153. The summed E-state index contributed by atoms with van der Waals surface area (Å²) in [5, 5.41) is 20.5. The number of carbonyl (C=O) groups is 1. The van der Waals surface area contributed by atoms with Crippen molar-refractivity contribution in [2.45, 2.75) is 51.3 Å². The van der Waals surface area contributed by atoms with Crippen LogP contribution in [0.3, 0.4) is 0 Å². The lowest BCUT2D eigenvalue weighted by Gasteiger charge is -2.39. The lowest BCUT2D eigenvalue weighted by Crippen LogP contribution is -2.44. The molecule has 1 aliphatic rings. The minimum atomic E-state index is -1.41. The van der Waals surface area contributed by atoms with Crippen molar-refractivity contribution in [3.05, 3.63) is 71.4 Å². The van der Waals surface area contributed by atoms with E-state index in [0.717, 1.165) is 19.4 Å². The van der Waals surface area contributed by atoms with Crippen molar-refractivity contribution < 1.29 is 24.1 Å². The second-order valence-corrected chi connectivity index (χ2v) is 9.76. The number of carboxylic acids is 1. The Bertz CT molecular complexity index is 1160. The average molecular weight is 495 g/mol. The Morgan fingerprint density at radius 1 is 1.19 bits per heavy atom. The van der Waals surface area contributed by atoms with Crippen molar-refractivity contribution in [1.82, 2.24) is 9.88 Å². The predicted octanol–water partition coefficient (Wildman–Crippen LogP) is 5.33. The first kappa shape index (κ1) is 26.0. The zero-order valence-corrected chi connectivity index (χ0v) is 20.8. The molecule has 1 aromatic heterocycles. The molecular formula is C29H35FN2O4. The zero-order chi connectivity index (χ0) is 25.5. The van der Waals surface area contributed by atoms with Crippen LogP contribution in [0.25, 0.3) is 10.9 Å². The van der Waals surface area contributed by atoms with Crippen molar-refractivity contribution in [1.29, 1.82) is 0 Å². The van der Waals surface area contributed by atoms with Gasteiger partial charge in [0.2, 0.25) is 0 Å². The topological polar surface area (TPSA) is 82.9 Å². The molecule has 1 atom stereocenters. The number of aliphatic hydroxyl groups excluding tert-OH is 1. The summed E-state index contributed by atoms with van der Waals surface area (Å²) in [7, 11) is 1.54. The molecule has 0 aliphatic carbocycles. The van der Waals surface area contributed by atoms with Crippen LogP contribution in [-0.4, -0.2) is 52.8 Å². The highest BCUT2D eigenvalue weighted by molar-refractivity contribution is 5.85. The van der Waals surface area contributed by atoms with Gasteiger partial charge in [-0.25, -0.2) is 4.39 Å². The number of ether oxygens (including phenoxy) is 1.